The Balaban J connectivity index is 2.93. The average Bonchev–Trinajstić information content (AvgIpc) is 2.38. The Morgan fingerprint density at radius 3 is 2.45 bits per heavy atom. The lowest BCUT2D eigenvalue weighted by atomic mass is 10.0. The van der Waals surface area contributed by atoms with Crippen molar-refractivity contribution in [3.05, 3.63) is 23.8 Å². The summed E-state index contributed by atoms with van der Waals surface area (Å²) in [5.41, 5.74) is 12.3. The van der Waals surface area contributed by atoms with E-state index in [0.29, 0.717) is 29.3 Å². The Morgan fingerprint density at radius 1 is 1.35 bits per heavy atom. The van der Waals surface area contributed by atoms with Crippen molar-refractivity contribution in [2.45, 2.75) is 26.3 Å². The van der Waals surface area contributed by atoms with Gasteiger partial charge in [-0.05, 0) is 30.5 Å². The summed E-state index contributed by atoms with van der Waals surface area (Å²) in [5.74, 6) is -0.579. The van der Waals surface area contributed by atoms with E-state index in [-0.39, 0.29) is 5.97 Å². The van der Waals surface area contributed by atoms with Gasteiger partial charge in [0.15, 0.2) is 0 Å². The molecule has 5 N–H and O–H groups in total. The van der Waals surface area contributed by atoms with E-state index in [1.165, 1.54) is 13.2 Å². The first kappa shape index (κ1) is 15.8. The second-order valence-electron chi connectivity index (χ2n) is 5.02. The van der Waals surface area contributed by atoms with Gasteiger partial charge in [-0.2, -0.15) is 0 Å². The fourth-order valence-electron chi connectivity index (χ4n) is 1.86. The zero-order chi connectivity index (χ0) is 15.3. The monoisotopic (exact) mass is 279 g/mol. The molecule has 1 amide bonds. The molecule has 0 saturated carbocycles. The van der Waals surface area contributed by atoms with Crippen molar-refractivity contribution in [2.24, 2.45) is 11.7 Å². The highest BCUT2D eigenvalue weighted by molar-refractivity contribution is 5.95. The third-order valence-electron chi connectivity index (χ3n) is 2.86. The molecule has 0 aliphatic heterocycles. The van der Waals surface area contributed by atoms with Crippen molar-refractivity contribution in [2.75, 3.05) is 18.2 Å². The Kier molecular flexibility index (Phi) is 5.37. The molecule has 0 radical (unpaired) electrons. The lowest BCUT2D eigenvalue weighted by Crippen LogP contribution is -2.32. The first-order valence-corrected chi connectivity index (χ1v) is 6.38. The largest absolute Gasteiger partial charge is 0.467 e. The van der Waals surface area contributed by atoms with Crippen LogP contribution in [0.15, 0.2) is 18.2 Å². The highest BCUT2D eigenvalue weighted by Gasteiger charge is 2.21. The molecule has 0 fully saturated rings. The molecule has 0 heterocycles. The van der Waals surface area contributed by atoms with Gasteiger partial charge in [-0.3, -0.25) is 4.79 Å². The van der Waals surface area contributed by atoms with Crippen LogP contribution >= 0.6 is 0 Å². The number of anilines is 2. The lowest BCUT2D eigenvalue weighted by Gasteiger charge is -2.20. The minimum atomic E-state index is -0.546. The maximum absolute atomic E-state index is 11.7. The van der Waals surface area contributed by atoms with Crippen LogP contribution in [0, 0.1) is 5.92 Å². The molecule has 0 aliphatic carbocycles. The predicted octanol–water partition coefficient (Wildman–Crippen LogP) is 1.37. The molecule has 1 atom stereocenters. The number of rotatable bonds is 6. The number of esters is 1. The summed E-state index contributed by atoms with van der Waals surface area (Å²) < 4.78 is 4.77. The zero-order valence-corrected chi connectivity index (χ0v) is 12.0. The van der Waals surface area contributed by atoms with Crippen LogP contribution in [0.2, 0.25) is 0 Å². The van der Waals surface area contributed by atoms with Crippen LogP contribution in [0.1, 0.15) is 30.6 Å². The fourth-order valence-corrected chi connectivity index (χ4v) is 1.86. The summed E-state index contributed by atoms with van der Waals surface area (Å²) in [5, 5.41) is 3.04. The van der Waals surface area contributed by atoms with Crippen LogP contribution < -0.4 is 16.8 Å². The maximum Gasteiger partial charge on any atom is 0.328 e. The lowest BCUT2D eigenvalue weighted by molar-refractivity contribution is -0.141. The van der Waals surface area contributed by atoms with Gasteiger partial charge in [0.05, 0.1) is 18.5 Å². The van der Waals surface area contributed by atoms with E-state index in [0.717, 1.165) is 0 Å². The first-order chi connectivity index (χ1) is 9.35. The van der Waals surface area contributed by atoms with Crippen molar-refractivity contribution in [3.8, 4) is 0 Å². The Bertz CT molecular complexity index is 500. The van der Waals surface area contributed by atoms with Gasteiger partial charge in [-0.15, -0.1) is 0 Å². The topological polar surface area (TPSA) is 107 Å². The minimum absolute atomic E-state index is 0.317. The summed E-state index contributed by atoms with van der Waals surface area (Å²) in [6, 6.07) is 4.19. The second-order valence-corrected chi connectivity index (χ2v) is 5.02. The van der Waals surface area contributed by atoms with Crippen molar-refractivity contribution >= 4 is 23.3 Å². The highest BCUT2D eigenvalue weighted by Crippen LogP contribution is 2.22. The van der Waals surface area contributed by atoms with Gasteiger partial charge in [-0.1, -0.05) is 13.8 Å². The Labute approximate surface area is 118 Å². The number of carbonyl (C=O) groups is 2. The predicted molar refractivity (Wildman–Crippen MR) is 78.3 cm³/mol. The molecule has 0 spiro atoms. The van der Waals surface area contributed by atoms with E-state index < -0.39 is 11.9 Å². The average molecular weight is 279 g/mol. The molecule has 20 heavy (non-hydrogen) atoms. The summed E-state index contributed by atoms with van der Waals surface area (Å²) in [6.07, 6.45) is 0.615. The van der Waals surface area contributed by atoms with E-state index >= 15 is 0 Å². The van der Waals surface area contributed by atoms with Gasteiger partial charge in [0.2, 0.25) is 5.91 Å². The molecule has 0 saturated heterocycles. The van der Waals surface area contributed by atoms with Gasteiger partial charge in [-0.25, -0.2) is 4.79 Å². The van der Waals surface area contributed by atoms with E-state index in [1.807, 2.05) is 13.8 Å². The minimum Gasteiger partial charge on any atom is -0.467 e. The standard InChI is InChI=1S/C14H21N3O3/c1-8(2)6-12(14(19)20-3)17-11-5-4-9(13(16)18)7-10(11)15/h4-5,7-8,12,17H,6,15H2,1-3H3,(H2,16,18). The first-order valence-electron chi connectivity index (χ1n) is 6.38. The molecule has 1 rings (SSSR count). The van der Waals surface area contributed by atoms with Crippen molar-refractivity contribution in [1.29, 1.82) is 0 Å². The van der Waals surface area contributed by atoms with Crippen LogP contribution in [0.4, 0.5) is 11.4 Å². The number of hydrogen-bond donors (Lipinski definition) is 3. The molecule has 1 unspecified atom stereocenters. The van der Waals surface area contributed by atoms with Crippen LogP contribution in [-0.4, -0.2) is 25.0 Å². The molecule has 0 aromatic heterocycles. The molecule has 1 aromatic rings. The number of benzene rings is 1. The van der Waals surface area contributed by atoms with E-state index in [4.69, 9.17) is 16.2 Å². The van der Waals surface area contributed by atoms with Crippen molar-refractivity contribution in [3.63, 3.8) is 0 Å². The van der Waals surface area contributed by atoms with E-state index in [9.17, 15) is 9.59 Å². The van der Waals surface area contributed by atoms with Crippen LogP contribution in [-0.2, 0) is 9.53 Å². The summed E-state index contributed by atoms with van der Waals surface area (Å²) >= 11 is 0. The van der Waals surface area contributed by atoms with Gasteiger partial charge in [0, 0.05) is 5.56 Å². The van der Waals surface area contributed by atoms with Crippen LogP contribution in [0.25, 0.3) is 0 Å². The van der Waals surface area contributed by atoms with Gasteiger partial charge < -0.3 is 21.5 Å². The Morgan fingerprint density at radius 2 is 2.00 bits per heavy atom. The third-order valence-corrected chi connectivity index (χ3v) is 2.86. The molecule has 6 nitrogen and oxygen atoms in total. The molecular weight excluding hydrogens is 258 g/mol. The van der Waals surface area contributed by atoms with Crippen LogP contribution in [0.5, 0.6) is 0 Å². The summed E-state index contributed by atoms with van der Waals surface area (Å²) in [6.45, 7) is 4.02. The molecule has 0 aliphatic rings. The van der Waals surface area contributed by atoms with Crippen LogP contribution in [0.3, 0.4) is 0 Å². The van der Waals surface area contributed by atoms with Crippen molar-refractivity contribution < 1.29 is 14.3 Å². The zero-order valence-electron chi connectivity index (χ0n) is 12.0. The van der Waals surface area contributed by atoms with E-state index in [1.54, 1.807) is 12.1 Å². The molecule has 110 valence electrons. The number of nitrogens with two attached hydrogens (primary N) is 2. The number of amides is 1. The van der Waals surface area contributed by atoms with Gasteiger partial charge >= 0.3 is 5.97 Å². The van der Waals surface area contributed by atoms with Gasteiger partial charge in [0.1, 0.15) is 6.04 Å². The number of primary amides is 1. The number of hydrogen-bond acceptors (Lipinski definition) is 5. The maximum atomic E-state index is 11.7. The number of methoxy groups -OCH3 is 1. The smallest absolute Gasteiger partial charge is 0.328 e. The molecule has 0 bridgehead atoms. The SMILES string of the molecule is COC(=O)C(CC(C)C)Nc1ccc(C(N)=O)cc1N. The number of nitrogen functional groups attached to an aromatic ring is 1. The number of carbonyl (C=O) groups excluding carboxylic acids is 2. The van der Waals surface area contributed by atoms with E-state index in [2.05, 4.69) is 5.32 Å². The fraction of sp³-hybridized carbons (Fsp3) is 0.429. The number of nitrogens with one attached hydrogen (secondary N) is 1. The number of ether oxygens (including phenoxy) is 1. The second kappa shape index (κ2) is 6.79. The Hall–Kier alpha value is -2.24. The molecule has 1 aromatic carbocycles. The summed E-state index contributed by atoms with van der Waals surface area (Å²) in [4.78, 5) is 22.8. The summed E-state index contributed by atoms with van der Waals surface area (Å²) in [7, 11) is 1.34. The van der Waals surface area contributed by atoms with Crippen molar-refractivity contribution in [1.82, 2.24) is 0 Å². The molecular formula is C14H21N3O3. The molecule has 6 heteroatoms. The van der Waals surface area contributed by atoms with Gasteiger partial charge in [0.25, 0.3) is 0 Å². The third kappa shape index (κ3) is 4.15. The highest BCUT2D eigenvalue weighted by atomic mass is 16.5. The quantitative estimate of drug-likeness (QED) is 0.538. The normalized spacial score (nSPS) is 12.0.